The molecule has 0 bridgehead atoms. The molecule has 1 aliphatic rings. The van der Waals surface area contributed by atoms with Crippen molar-refractivity contribution in [2.45, 2.75) is 32.6 Å². The highest BCUT2D eigenvalue weighted by Crippen LogP contribution is 2.22. The summed E-state index contributed by atoms with van der Waals surface area (Å²) < 4.78 is 0. The number of carbonyl (C=O) groups is 2. The van der Waals surface area contributed by atoms with Crippen molar-refractivity contribution in [3.63, 3.8) is 0 Å². The van der Waals surface area contributed by atoms with Gasteiger partial charge in [-0.2, -0.15) is 11.3 Å². The van der Waals surface area contributed by atoms with Gasteiger partial charge in [0.25, 0.3) is 5.24 Å². The summed E-state index contributed by atoms with van der Waals surface area (Å²) in [4.78, 5) is 25.0. The van der Waals surface area contributed by atoms with Crippen LogP contribution in [0.25, 0.3) is 0 Å². The fraction of sp³-hybridized carbons (Fsp3) is 0.333. The molecule has 2 aromatic heterocycles. The summed E-state index contributed by atoms with van der Waals surface area (Å²) in [6, 6.07) is 12.1. The van der Waals surface area contributed by atoms with Gasteiger partial charge in [0.15, 0.2) is 0 Å². The lowest BCUT2D eigenvalue weighted by Gasteiger charge is -2.38. The smallest absolute Gasteiger partial charge is 0.345 e. The van der Waals surface area contributed by atoms with Gasteiger partial charge in [-0.15, -0.1) is 11.3 Å². The van der Waals surface area contributed by atoms with E-state index in [2.05, 4.69) is 47.4 Å². The van der Waals surface area contributed by atoms with E-state index >= 15 is 0 Å². The molecule has 1 N–H and O–H groups in total. The lowest BCUT2D eigenvalue weighted by atomic mass is 10.0. The van der Waals surface area contributed by atoms with E-state index in [0.29, 0.717) is 17.8 Å². The topological polar surface area (TPSA) is 60.9 Å². The molecule has 8 heteroatoms. The Kier molecular flexibility index (Phi) is 9.05. The second kappa shape index (κ2) is 12.4. The first kappa shape index (κ1) is 25.5. The first-order chi connectivity index (χ1) is 17.0. The molecule has 1 aliphatic heterocycles. The number of amides is 1. The molecular weight excluding hydrogens is 497 g/mol. The Morgan fingerprint density at radius 1 is 1.09 bits per heavy atom. The average molecular weight is 525 g/mol. The van der Waals surface area contributed by atoms with Gasteiger partial charge >= 0.3 is 5.97 Å². The minimum absolute atomic E-state index is 0.0821. The minimum atomic E-state index is -0.900. The number of carbonyl (C=O) groups excluding carboxylic acids is 1. The number of carboxylic acids is 1. The zero-order valence-corrected chi connectivity index (χ0v) is 22.1. The molecular formula is C27H28N2O3S3. The van der Waals surface area contributed by atoms with Crippen LogP contribution in [-0.4, -0.2) is 51.7 Å². The fourth-order valence-corrected chi connectivity index (χ4v) is 6.17. The Balaban J connectivity index is 1.28. The van der Waals surface area contributed by atoms with E-state index in [9.17, 15) is 9.59 Å². The zero-order valence-electron chi connectivity index (χ0n) is 19.7. The Labute approximate surface area is 218 Å². The van der Waals surface area contributed by atoms with Gasteiger partial charge in [-0.3, -0.25) is 9.80 Å². The number of hydrazine groups is 1. The van der Waals surface area contributed by atoms with Crippen LogP contribution in [-0.2, 0) is 12.8 Å². The number of carboxylic acid groups (broad SMARTS) is 1. The molecule has 1 aromatic carbocycles. The third kappa shape index (κ3) is 7.21. The molecule has 1 fully saturated rings. The SMILES string of the molecule is Cc1ccc(CCCCN2CCSC(=O)N2CCc2ccc(C(=O)O)s2)cc1C#Cc1ccsc1. The Morgan fingerprint density at radius 2 is 1.97 bits per heavy atom. The van der Waals surface area contributed by atoms with Crippen LogP contribution < -0.4 is 0 Å². The van der Waals surface area contributed by atoms with Crippen LogP contribution in [0, 0.1) is 18.8 Å². The summed E-state index contributed by atoms with van der Waals surface area (Å²) in [5.41, 5.74) is 4.62. The molecule has 3 heterocycles. The standard InChI is InChI=1S/C27H28N2O3S3/c1-20-5-6-21(18-23(20)8-7-22-12-16-33-19-22)4-2-3-13-28-15-17-34-27(32)29(28)14-11-24-9-10-25(35-24)26(30)31/h5-6,9-10,12,16,18-19H,2-4,11,13-15,17H2,1H3,(H,30,31). The zero-order chi connectivity index (χ0) is 24.6. The Bertz CT molecular complexity index is 1220. The molecule has 3 aromatic rings. The van der Waals surface area contributed by atoms with Crippen molar-refractivity contribution in [3.05, 3.63) is 79.2 Å². The van der Waals surface area contributed by atoms with Crippen molar-refractivity contribution in [1.82, 2.24) is 10.0 Å². The van der Waals surface area contributed by atoms with E-state index in [1.165, 1.54) is 34.2 Å². The number of unbranched alkanes of at least 4 members (excludes halogenated alkanes) is 1. The predicted molar refractivity (Wildman–Crippen MR) is 146 cm³/mol. The van der Waals surface area contributed by atoms with Gasteiger partial charge < -0.3 is 5.11 Å². The van der Waals surface area contributed by atoms with Crippen LogP contribution in [0.1, 0.15) is 49.6 Å². The van der Waals surface area contributed by atoms with Crippen molar-refractivity contribution in [2.75, 3.05) is 25.4 Å². The van der Waals surface area contributed by atoms with Gasteiger partial charge in [0, 0.05) is 53.2 Å². The molecule has 0 spiro atoms. The Morgan fingerprint density at radius 3 is 2.74 bits per heavy atom. The van der Waals surface area contributed by atoms with Crippen molar-refractivity contribution in [2.24, 2.45) is 0 Å². The van der Waals surface area contributed by atoms with E-state index in [4.69, 9.17) is 5.11 Å². The van der Waals surface area contributed by atoms with Crippen molar-refractivity contribution >= 4 is 45.6 Å². The molecule has 5 nitrogen and oxygen atoms in total. The summed E-state index contributed by atoms with van der Waals surface area (Å²) in [5.74, 6) is 6.47. The first-order valence-electron chi connectivity index (χ1n) is 11.6. The predicted octanol–water partition coefficient (Wildman–Crippen LogP) is 6.17. The summed E-state index contributed by atoms with van der Waals surface area (Å²) in [6.45, 7) is 4.37. The summed E-state index contributed by atoms with van der Waals surface area (Å²) in [7, 11) is 0. The van der Waals surface area contributed by atoms with E-state index in [1.807, 2.05) is 22.5 Å². The second-order valence-corrected chi connectivity index (χ2v) is 11.4. The monoisotopic (exact) mass is 524 g/mol. The molecule has 1 saturated heterocycles. The third-order valence-corrected chi connectivity index (χ3v) is 8.53. The number of nitrogens with zero attached hydrogens (tertiary/aromatic N) is 2. The van der Waals surface area contributed by atoms with Crippen molar-refractivity contribution in [3.8, 4) is 11.8 Å². The number of hydrogen-bond acceptors (Lipinski definition) is 6. The number of aromatic carboxylic acids is 1. The molecule has 182 valence electrons. The van der Waals surface area contributed by atoms with E-state index in [0.717, 1.165) is 54.1 Å². The normalized spacial score (nSPS) is 14.1. The fourth-order valence-electron chi connectivity index (χ4n) is 3.92. The molecule has 4 rings (SSSR count). The lowest BCUT2D eigenvalue weighted by molar-refractivity contribution is 0.0270. The highest BCUT2D eigenvalue weighted by molar-refractivity contribution is 8.13. The van der Waals surface area contributed by atoms with Gasteiger partial charge in [-0.05, 0) is 67.0 Å². The molecule has 35 heavy (non-hydrogen) atoms. The van der Waals surface area contributed by atoms with Gasteiger partial charge in [0.1, 0.15) is 4.88 Å². The molecule has 0 unspecified atom stereocenters. The highest BCUT2D eigenvalue weighted by atomic mass is 32.2. The lowest BCUT2D eigenvalue weighted by Crippen LogP contribution is -2.50. The average Bonchev–Trinajstić information content (AvgIpc) is 3.54. The van der Waals surface area contributed by atoms with Crippen LogP contribution in [0.2, 0.25) is 0 Å². The van der Waals surface area contributed by atoms with Gasteiger partial charge in [0.2, 0.25) is 0 Å². The summed E-state index contributed by atoms with van der Waals surface area (Å²) in [5, 5.41) is 17.3. The number of hydrogen-bond donors (Lipinski definition) is 1. The maximum absolute atomic E-state index is 12.6. The van der Waals surface area contributed by atoms with Crippen LogP contribution in [0.15, 0.2) is 47.2 Å². The van der Waals surface area contributed by atoms with Gasteiger partial charge in [-0.1, -0.05) is 35.7 Å². The summed E-state index contributed by atoms with van der Waals surface area (Å²) in [6.07, 6.45) is 3.69. The largest absolute Gasteiger partial charge is 0.477 e. The molecule has 1 amide bonds. The van der Waals surface area contributed by atoms with E-state index in [-0.39, 0.29) is 5.24 Å². The Hall–Kier alpha value is -2.57. The second-order valence-electron chi connectivity index (χ2n) is 8.38. The van der Waals surface area contributed by atoms with E-state index in [1.54, 1.807) is 17.4 Å². The maximum atomic E-state index is 12.6. The first-order valence-corrected chi connectivity index (χ1v) is 14.4. The molecule has 0 saturated carbocycles. The minimum Gasteiger partial charge on any atom is -0.477 e. The maximum Gasteiger partial charge on any atom is 0.345 e. The number of rotatable bonds is 9. The number of thiophene rings is 2. The van der Waals surface area contributed by atoms with E-state index < -0.39 is 5.97 Å². The van der Waals surface area contributed by atoms with Gasteiger partial charge in [0.05, 0.1) is 0 Å². The molecule has 0 aliphatic carbocycles. The summed E-state index contributed by atoms with van der Waals surface area (Å²) >= 11 is 4.30. The quantitative estimate of drug-likeness (QED) is 0.268. The van der Waals surface area contributed by atoms with Crippen LogP contribution >= 0.6 is 34.4 Å². The molecule has 0 radical (unpaired) electrons. The van der Waals surface area contributed by atoms with Gasteiger partial charge in [-0.25, -0.2) is 9.80 Å². The number of thioether (sulfide) groups is 1. The number of benzene rings is 1. The van der Waals surface area contributed by atoms with Crippen LogP contribution in [0.3, 0.4) is 0 Å². The van der Waals surface area contributed by atoms with Crippen LogP contribution in [0.5, 0.6) is 0 Å². The number of aryl methyl sites for hydroxylation is 2. The third-order valence-electron chi connectivity index (χ3n) is 5.87. The van der Waals surface area contributed by atoms with Crippen molar-refractivity contribution in [1.29, 1.82) is 0 Å². The highest BCUT2D eigenvalue weighted by Gasteiger charge is 2.26. The molecule has 0 atom stereocenters. The van der Waals surface area contributed by atoms with Crippen molar-refractivity contribution < 1.29 is 14.7 Å². The van der Waals surface area contributed by atoms with Crippen LogP contribution in [0.4, 0.5) is 4.79 Å².